The van der Waals surface area contributed by atoms with Gasteiger partial charge in [-0.3, -0.25) is 0 Å². The lowest BCUT2D eigenvalue weighted by atomic mass is 10.2. The van der Waals surface area contributed by atoms with E-state index < -0.39 is 6.61 Å². The number of benzene rings is 1. The molecule has 1 aromatic carbocycles. The Morgan fingerprint density at radius 1 is 1.47 bits per heavy atom. The summed E-state index contributed by atoms with van der Waals surface area (Å²) in [5.41, 5.74) is 1.56. The van der Waals surface area contributed by atoms with Gasteiger partial charge in [-0.25, -0.2) is 4.98 Å². The second-order valence-electron chi connectivity index (χ2n) is 2.92. The van der Waals surface area contributed by atoms with E-state index in [1.54, 1.807) is 0 Å². The number of hydrogen-bond donors (Lipinski definition) is 2. The molecule has 0 aliphatic carbocycles. The van der Waals surface area contributed by atoms with Gasteiger partial charge >= 0.3 is 6.61 Å². The normalized spacial score (nSPS) is 11.2. The van der Waals surface area contributed by atoms with E-state index in [-0.39, 0.29) is 12.4 Å². The van der Waals surface area contributed by atoms with Crippen molar-refractivity contribution in [1.29, 1.82) is 0 Å². The second kappa shape index (κ2) is 3.82. The van der Waals surface area contributed by atoms with Crippen LogP contribution in [0, 0.1) is 0 Å². The van der Waals surface area contributed by atoms with Crippen molar-refractivity contribution in [3.63, 3.8) is 0 Å². The maximum absolute atomic E-state index is 12.0. The monoisotopic (exact) mass is 214 g/mol. The van der Waals surface area contributed by atoms with E-state index in [1.807, 2.05) is 0 Å². The Morgan fingerprint density at radius 2 is 2.27 bits per heavy atom. The SMILES string of the molecule is OCc1cc(OC(F)F)cc2[nH]cnc12. The molecule has 1 aromatic heterocycles. The Bertz CT molecular complexity index is 470. The van der Waals surface area contributed by atoms with E-state index in [1.165, 1.54) is 18.5 Å². The van der Waals surface area contributed by atoms with E-state index in [4.69, 9.17) is 5.11 Å². The lowest BCUT2D eigenvalue weighted by Crippen LogP contribution is -2.02. The van der Waals surface area contributed by atoms with Gasteiger partial charge in [0, 0.05) is 11.6 Å². The Balaban J connectivity index is 2.49. The third-order valence-electron chi connectivity index (χ3n) is 1.97. The highest BCUT2D eigenvalue weighted by Gasteiger charge is 2.09. The smallest absolute Gasteiger partial charge is 0.387 e. The quantitative estimate of drug-likeness (QED) is 0.816. The van der Waals surface area contributed by atoms with Crippen LogP contribution in [0.15, 0.2) is 18.5 Å². The highest BCUT2D eigenvalue weighted by Crippen LogP contribution is 2.24. The minimum Gasteiger partial charge on any atom is -0.435 e. The number of H-pyrrole nitrogens is 1. The summed E-state index contributed by atoms with van der Waals surface area (Å²) in [5, 5.41) is 9.02. The third kappa shape index (κ3) is 1.89. The summed E-state index contributed by atoms with van der Waals surface area (Å²) in [6.07, 6.45) is 1.43. The number of nitrogens with zero attached hydrogens (tertiary/aromatic N) is 1. The molecule has 15 heavy (non-hydrogen) atoms. The molecule has 0 amide bonds. The fraction of sp³-hybridized carbons (Fsp3) is 0.222. The zero-order valence-electron chi connectivity index (χ0n) is 7.58. The zero-order chi connectivity index (χ0) is 10.8. The van der Waals surface area contributed by atoms with Gasteiger partial charge in [0.2, 0.25) is 0 Å². The fourth-order valence-corrected chi connectivity index (χ4v) is 1.39. The summed E-state index contributed by atoms with van der Waals surface area (Å²) in [6, 6.07) is 2.75. The molecule has 0 aliphatic rings. The van der Waals surface area contributed by atoms with Crippen LogP contribution in [-0.4, -0.2) is 21.7 Å². The average Bonchev–Trinajstić information content (AvgIpc) is 2.63. The predicted octanol–water partition coefficient (Wildman–Crippen LogP) is 1.66. The van der Waals surface area contributed by atoms with Crippen LogP contribution in [0.1, 0.15) is 5.56 Å². The van der Waals surface area contributed by atoms with E-state index in [2.05, 4.69) is 14.7 Å². The first kappa shape index (κ1) is 9.85. The van der Waals surface area contributed by atoms with Gasteiger partial charge in [-0.05, 0) is 6.07 Å². The number of imidazole rings is 1. The number of aromatic nitrogens is 2. The molecule has 6 heteroatoms. The molecule has 0 spiro atoms. The molecule has 0 atom stereocenters. The first-order chi connectivity index (χ1) is 7.20. The zero-order valence-corrected chi connectivity index (χ0v) is 7.58. The summed E-state index contributed by atoms with van der Waals surface area (Å²) in [6.45, 7) is -3.15. The van der Waals surface area contributed by atoms with Crippen LogP contribution in [-0.2, 0) is 6.61 Å². The van der Waals surface area contributed by atoms with E-state index in [9.17, 15) is 8.78 Å². The maximum atomic E-state index is 12.0. The number of rotatable bonds is 3. The molecule has 0 fully saturated rings. The molecule has 0 saturated carbocycles. The second-order valence-corrected chi connectivity index (χ2v) is 2.92. The summed E-state index contributed by atoms with van der Waals surface area (Å²) >= 11 is 0. The summed E-state index contributed by atoms with van der Waals surface area (Å²) < 4.78 is 28.2. The largest absolute Gasteiger partial charge is 0.435 e. The van der Waals surface area contributed by atoms with Crippen LogP contribution >= 0.6 is 0 Å². The Labute approximate surface area is 83.5 Å². The van der Waals surface area contributed by atoms with Crippen molar-refractivity contribution in [2.24, 2.45) is 0 Å². The number of ether oxygens (including phenoxy) is 1. The van der Waals surface area contributed by atoms with Crippen molar-refractivity contribution >= 4 is 11.0 Å². The molecule has 0 saturated heterocycles. The van der Waals surface area contributed by atoms with Crippen molar-refractivity contribution < 1.29 is 18.6 Å². The predicted molar refractivity (Wildman–Crippen MR) is 48.6 cm³/mol. The van der Waals surface area contributed by atoms with Gasteiger partial charge in [0.25, 0.3) is 0 Å². The molecule has 2 rings (SSSR count). The fourth-order valence-electron chi connectivity index (χ4n) is 1.39. The summed E-state index contributed by atoms with van der Waals surface area (Å²) in [7, 11) is 0. The van der Waals surface area contributed by atoms with Gasteiger partial charge in [0.1, 0.15) is 5.75 Å². The third-order valence-corrected chi connectivity index (χ3v) is 1.97. The van der Waals surface area contributed by atoms with Crippen LogP contribution in [0.2, 0.25) is 0 Å². The number of hydrogen-bond acceptors (Lipinski definition) is 3. The molecular formula is C9H8F2N2O2. The van der Waals surface area contributed by atoms with Gasteiger partial charge in [0.15, 0.2) is 0 Å². The Kier molecular flexibility index (Phi) is 2.51. The van der Waals surface area contributed by atoms with E-state index in [0.717, 1.165) is 0 Å². The molecule has 1 heterocycles. The Hall–Kier alpha value is -1.69. The number of aliphatic hydroxyl groups excluding tert-OH is 1. The molecule has 2 aromatic rings. The van der Waals surface area contributed by atoms with Crippen LogP contribution in [0.5, 0.6) is 5.75 Å². The van der Waals surface area contributed by atoms with Gasteiger partial charge in [-0.1, -0.05) is 0 Å². The average molecular weight is 214 g/mol. The lowest BCUT2D eigenvalue weighted by Gasteiger charge is -2.06. The number of aromatic amines is 1. The van der Waals surface area contributed by atoms with Crippen molar-refractivity contribution in [3.05, 3.63) is 24.0 Å². The van der Waals surface area contributed by atoms with Crippen molar-refractivity contribution in [1.82, 2.24) is 9.97 Å². The standard InChI is InChI=1S/C9H8F2N2O2/c10-9(11)15-6-1-5(3-14)8-7(2-6)12-4-13-8/h1-2,4,9,14H,3H2,(H,12,13). The molecule has 0 unspecified atom stereocenters. The number of fused-ring (bicyclic) bond motifs is 1. The summed E-state index contributed by atoms with van der Waals surface area (Å²) in [5.74, 6) is 0.00537. The van der Waals surface area contributed by atoms with Gasteiger partial charge in [0.05, 0.1) is 24.0 Å². The Morgan fingerprint density at radius 3 is 2.93 bits per heavy atom. The summed E-state index contributed by atoms with van der Waals surface area (Å²) in [4.78, 5) is 6.71. The first-order valence-electron chi connectivity index (χ1n) is 4.22. The minimum absolute atomic E-state index is 0.00537. The first-order valence-corrected chi connectivity index (χ1v) is 4.22. The number of nitrogens with one attached hydrogen (secondary N) is 1. The molecule has 0 bridgehead atoms. The van der Waals surface area contributed by atoms with Crippen LogP contribution in [0.4, 0.5) is 8.78 Å². The van der Waals surface area contributed by atoms with Crippen LogP contribution in [0.25, 0.3) is 11.0 Å². The molecule has 0 radical (unpaired) electrons. The number of alkyl halides is 2. The van der Waals surface area contributed by atoms with Crippen LogP contribution < -0.4 is 4.74 Å². The van der Waals surface area contributed by atoms with Gasteiger partial charge in [-0.2, -0.15) is 8.78 Å². The minimum atomic E-state index is -2.88. The molecule has 2 N–H and O–H groups in total. The molecule has 0 aliphatic heterocycles. The number of halogens is 2. The van der Waals surface area contributed by atoms with Gasteiger partial charge < -0.3 is 14.8 Å². The van der Waals surface area contributed by atoms with Crippen molar-refractivity contribution in [3.8, 4) is 5.75 Å². The number of aliphatic hydroxyl groups is 1. The molecular weight excluding hydrogens is 206 g/mol. The molecule has 4 nitrogen and oxygen atoms in total. The lowest BCUT2D eigenvalue weighted by molar-refractivity contribution is -0.0498. The van der Waals surface area contributed by atoms with Gasteiger partial charge in [-0.15, -0.1) is 0 Å². The topological polar surface area (TPSA) is 58.1 Å². The highest BCUT2D eigenvalue weighted by molar-refractivity contribution is 5.80. The van der Waals surface area contributed by atoms with E-state index in [0.29, 0.717) is 16.6 Å². The maximum Gasteiger partial charge on any atom is 0.387 e. The van der Waals surface area contributed by atoms with E-state index >= 15 is 0 Å². The van der Waals surface area contributed by atoms with Crippen molar-refractivity contribution in [2.75, 3.05) is 0 Å². The van der Waals surface area contributed by atoms with Crippen molar-refractivity contribution in [2.45, 2.75) is 13.2 Å². The van der Waals surface area contributed by atoms with Crippen LogP contribution in [0.3, 0.4) is 0 Å². The highest BCUT2D eigenvalue weighted by atomic mass is 19.3. The molecule has 80 valence electrons.